The predicted molar refractivity (Wildman–Crippen MR) is 84.4 cm³/mol. The first-order chi connectivity index (χ1) is 10.6. The van der Waals surface area contributed by atoms with Crippen molar-refractivity contribution < 1.29 is 14.3 Å². The number of rotatable bonds is 4. The van der Waals surface area contributed by atoms with Gasteiger partial charge in [-0.05, 0) is 37.9 Å². The fourth-order valence-electron chi connectivity index (χ4n) is 3.47. The topological polar surface area (TPSA) is 76.8 Å². The van der Waals surface area contributed by atoms with E-state index < -0.39 is 0 Å². The lowest BCUT2D eigenvalue weighted by Gasteiger charge is -2.44. The summed E-state index contributed by atoms with van der Waals surface area (Å²) in [5, 5.41) is 3.16. The summed E-state index contributed by atoms with van der Waals surface area (Å²) in [6.45, 7) is 3.23. The second-order valence-corrected chi connectivity index (χ2v) is 6.01. The molecule has 1 atom stereocenters. The molecule has 1 amide bonds. The van der Waals surface area contributed by atoms with Gasteiger partial charge in [-0.3, -0.25) is 4.79 Å². The van der Waals surface area contributed by atoms with Crippen molar-refractivity contribution >= 4 is 11.6 Å². The van der Waals surface area contributed by atoms with Crippen LogP contribution in [-0.4, -0.2) is 50.7 Å². The number of amides is 1. The van der Waals surface area contributed by atoms with Crippen molar-refractivity contribution in [2.24, 2.45) is 5.92 Å². The molecule has 0 saturated carbocycles. The van der Waals surface area contributed by atoms with E-state index in [0.717, 1.165) is 32.5 Å². The van der Waals surface area contributed by atoms with Crippen molar-refractivity contribution in [1.29, 1.82) is 0 Å². The van der Waals surface area contributed by atoms with Crippen LogP contribution in [0.1, 0.15) is 23.2 Å². The Morgan fingerprint density at radius 1 is 1.23 bits per heavy atom. The van der Waals surface area contributed by atoms with Gasteiger partial charge in [0.25, 0.3) is 5.91 Å². The lowest BCUT2D eigenvalue weighted by atomic mass is 9.84. The number of anilines is 1. The maximum Gasteiger partial charge on any atom is 0.255 e. The highest BCUT2D eigenvalue weighted by molar-refractivity contribution is 5.98. The summed E-state index contributed by atoms with van der Waals surface area (Å²) in [4.78, 5) is 15.1. The van der Waals surface area contributed by atoms with Crippen molar-refractivity contribution in [3.63, 3.8) is 0 Å². The molecule has 22 heavy (non-hydrogen) atoms. The molecule has 4 rings (SSSR count). The minimum Gasteiger partial charge on any atom is -0.496 e. The largest absolute Gasteiger partial charge is 0.496 e. The van der Waals surface area contributed by atoms with Crippen LogP contribution >= 0.6 is 0 Å². The van der Waals surface area contributed by atoms with E-state index in [-0.39, 0.29) is 11.9 Å². The van der Waals surface area contributed by atoms with E-state index in [1.807, 2.05) is 0 Å². The average Bonchev–Trinajstić information content (AvgIpc) is 2.55. The third-order valence-electron chi connectivity index (χ3n) is 4.77. The molecule has 3 aliphatic heterocycles. The van der Waals surface area contributed by atoms with Gasteiger partial charge in [0.15, 0.2) is 0 Å². The second-order valence-electron chi connectivity index (χ2n) is 6.01. The zero-order chi connectivity index (χ0) is 15.7. The van der Waals surface area contributed by atoms with Crippen LogP contribution in [0.3, 0.4) is 0 Å². The molecule has 0 radical (unpaired) electrons. The Balaban J connectivity index is 1.79. The highest BCUT2D eigenvalue weighted by Crippen LogP contribution is 2.32. The smallest absolute Gasteiger partial charge is 0.255 e. The zero-order valence-electron chi connectivity index (χ0n) is 13.1. The second kappa shape index (κ2) is 6.04. The maximum atomic E-state index is 12.6. The fourth-order valence-corrected chi connectivity index (χ4v) is 3.47. The molecule has 1 aromatic carbocycles. The predicted octanol–water partition coefficient (Wildman–Crippen LogP) is 1.11. The van der Waals surface area contributed by atoms with E-state index in [1.54, 1.807) is 12.1 Å². The number of fused-ring (bicyclic) bond motifs is 3. The minimum atomic E-state index is -0.131. The van der Waals surface area contributed by atoms with Gasteiger partial charge in [0.2, 0.25) is 0 Å². The fraction of sp³-hybridized carbons (Fsp3) is 0.562. The van der Waals surface area contributed by atoms with Gasteiger partial charge >= 0.3 is 0 Å². The van der Waals surface area contributed by atoms with Crippen LogP contribution < -0.4 is 20.5 Å². The highest BCUT2D eigenvalue weighted by atomic mass is 16.5. The van der Waals surface area contributed by atoms with Gasteiger partial charge in [-0.1, -0.05) is 0 Å². The molecule has 6 heteroatoms. The first kappa shape index (κ1) is 15.0. The van der Waals surface area contributed by atoms with E-state index in [0.29, 0.717) is 28.7 Å². The molecular weight excluding hydrogens is 282 g/mol. The number of nitrogens with zero attached hydrogens (tertiary/aromatic N) is 1. The Morgan fingerprint density at radius 2 is 1.91 bits per heavy atom. The van der Waals surface area contributed by atoms with Gasteiger partial charge < -0.3 is 25.4 Å². The summed E-state index contributed by atoms with van der Waals surface area (Å²) in [6.07, 6.45) is 2.32. The number of carbonyl (C=O) groups excluding carboxylic acids is 1. The van der Waals surface area contributed by atoms with E-state index in [1.165, 1.54) is 14.2 Å². The van der Waals surface area contributed by atoms with E-state index in [9.17, 15) is 4.79 Å². The van der Waals surface area contributed by atoms with Crippen molar-refractivity contribution in [3.05, 3.63) is 17.7 Å². The quantitative estimate of drug-likeness (QED) is 0.815. The number of methoxy groups -OCH3 is 2. The number of benzene rings is 1. The summed E-state index contributed by atoms with van der Waals surface area (Å²) in [5.41, 5.74) is 6.79. The molecular formula is C16H23N3O3. The van der Waals surface area contributed by atoms with E-state index in [2.05, 4.69) is 10.2 Å². The van der Waals surface area contributed by atoms with E-state index in [4.69, 9.17) is 15.2 Å². The van der Waals surface area contributed by atoms with E-state index >= 15 is 0 Å². The standard InChI is InChI=1S/C16H23N3O3/c1-21-14-8-12(17)15(22-2)7-11(14)16(20)18-13-9-19-5-3-10(13)4-6-19/h7-8,10,13H,3-6,9,17H2,1-2H3,(H,18,20). The Labute approximate surface area is 130 Å². The maximum absolute atomic E-state index is 12.6. The summed E-state index contributed by atoms with van der Waals surface area (Å²) in [5.74, 6) is 1.40. The number of hydrogen-bond acceptors (Lipinski definition) is 5. The van der Waals surface area contributed by atoms with Crippen molar-refractivity contribution in [3.8, 4) is 11.5 Å². The molecule has 0 aromatic heterocycles. The molecule has 2 bridgehead atoms. The normalized spacial score (nSPS) is 26.5. The molecule has 3 heterocycles. The molecule has 3 N–H and O–H groups in total. The minimum absolute atomic E-state index is 0.131. The molecule has 0 spiro atoms. The molecule has 0 aliphatic carbocycles. The van der Waals surface area contributed by atoms with Gasteiger partial charge in [-0.2, -0.15) is 0 Å². The summed E-state index contributed by atoms with van der Waals surface area (Å²) < 4.78 is 10.5. The molecule has 120 valence electrons. The van der Waals surface area contributed by atoms with Crippen LogP contribution in [0.4, 0.5) is 5.69 Å². The molecule has 1 unspecified atom stereocenters. The zero-order valence-corrected chi connectivity index (χ0v) is 13.1. The summed E-state index contributed by atoms with van der Waals surface area (Å²) in [6, 6.07) is 3.48. The number of nitrogens with two attached hydrogens (primary N) is 1. The van der Waals surface area contributed by atoms with Crippen molar-refractivity contribution in [2.45, 2.75) is 18.9 Å². The summed E-state index contributed by atoms with van der Waals surface area (Å²) in [7, 11) is 3.07. The van der Waals surface area contributed by atoms with Crippen LogP contribution in [0.2, 0.25) is 0 Å². The third kappa shape index (κ3) is 2.70. The van der Waals surface area contributed by atoms with Crippen LogP contribution in [-0.2, 0) is 0 Å². The molecule has 6 nitrogen and oxygen atoms in total. The Morgan fingerprint density at radius 3 is 2.45 bits per heavy atom. The lowest BCUT2D eigenvalue weighted by Crippen LogP contribution is -2.57. The molecule has 3 aliphatic rings. The lowest BCUT2D eigenvalue weighted by molar-refractivity contribution is 0.0619. The van der Waals surface area contributed by atoms with Crippen LogP contribution in [0.25, 0.3) is 0 Å². The number of nitrogen functional groups attached to an aromatic ring is 1. The Bertz CT molecular complexity index is 568. The Hall–Kier alpha value is -1.95. The number of piperidine rings is 3. The third-order valence-corrected chi connectivity index (χ3v) is 4.77. The van der Waals surface area contributed by atoms with Crippen LogP contribution in [0, 0.1) is 5.92 Å². The SMILES string of the molecule is COc1cc(C(=O)NC2CN3CCC2CC3)c(OC)cc1N. The molecule has 3 fully saturated rings. The number of nitrogens with one attached hydrogen (secondary N) is 1. The molecule has 1 aromatic rings. The number of hydrogen-bond donors (Lipinski definition) is 2. The monoisotopic (exact) mass is 305 g/mol. The first-order valence-corrected chi connectivity index (χ1v) is 7.67. The van der Waals surface area contributed by atoms with Crippen molar-refractivity contribution in [2.75, 3.05) is 39.6 Å². The van der Waals surface area contributed by atoms with Gasteiger partial charge in [-0.25, -0.2) is 0 Å². The first-order valence-electron chi connectivity index (χ1n) is 7.67. The van der Waals surface area contributed by atoms with Crippen LogP contribution in [0.15, 0.2) is 12.1 Å². The van der Waals surface area contributed by atoms with Crippen molar-refractivity contribution in [1.82, 2.24) is 10.2 Å². The van der Waals surface area contributed by atoms with Gasteiger partial charge in [-0.15, -0.1) is 0 Å². The van der Waals surface area contributed by atoms with Gasteiger partial charge in [0.1, 0.15) is 11.5 Å². The average molecular weight is 305 g/mol. The van der Waals surface area contributed by atoms with Crippen LogP contribution in [0.5, 0.6) is 11.5 Å². The van der Waals surface area contributed by atoms with Gasteiger partial charge in [0.05, 0.1) is 25.5 Å². The number of carbonyl (C=O) groups is 1. The van der Waals surface area contributed by atoms with Gasteiger partial charge in [0, 0.05) is 18.7 Å². The summed E-state index contributed by atoms with van der Waals surface area (Å²) >= 11 is 0. The highest BCUT2D eigenvalue weighted by Gasteiger charge is 2.35. The number of ether oxygens (including phenoxy) is 2. The molecule has 3 saturated heterocycles. The Kier molecular flexibility index (Phi) is 4.11.